The molecule has 1 amide bonds. The van der Waals surface area contributed by atoms with Crippen LogP contribution >= 0.6 is 0 Å². The van der Waals surface area contributed by atoms with Crippen LogP contribution in [0.5, 0.6) is 0 Å². The topological polar surface area (TPSA) is 72.3 Å². The molecule has 0 bridgehead atoms. The molecule has 1 aromatic heterocycles. The zero-order chi connectivity index (χ0) is 25.6. The van der Waals surface area contributed by atoms with Crippen LogP contribution in [0.2, 0.25) is 0 Å². The minimum absolute atomic E-state index is 0.102. The van der Waals surface area contributed by atoms with Gasteiger partial charge in [0.25, 0.3) is 0 Å². The van der Waals surface area contributed by atoms with Gasteiger partial charge in [-0.15, -0.1) is 10.2 Å². The Morgan fingerprint density at radius 1 is 1.23 bits per heavy atom. The fourth-order valence-corrected chi connectivity index (χ4v) is 4.75. The van der Waals surface area contributed by atoms with Crippen LogP contribution < -0.4 is 5.32 Å². The lowest BCUT2D eigenvalue weighted by atomic mass is 10.0. The standard InChI is InChI=1S/C28H43N5O2/c1-8-23(33-21(4)30-31-26(33)20(2)3)19-24-15-12-17-32(24)18-16-25(22-13-10-9-11-14-22)29-27(34)35-28(5,6)7/h9-11,13-14,19-20,24-25H,8,12,15-18H2,1-7H3,(H,29,34)/b23-19+/t24?,25-/m0/s1. The SMILES string of the molecule is CC/C(=C\C1CCCN1CC[C@H](NC(=O)OC(C)(C)C)c1ccccc1)n1c(C)nnc1C(C)C. The molecule has 1 aromatic carbocycles. The van der Waals surface area contributed by atoms with Gasteiger partial charge in [0.05, 0.1) is 6.04 Å². The first-order chi connectivity index (χ1) is 16.6. The third kappa shape index (κ3) is 7.40. The maximum Gasteiger partial charge on any atom is 0.408 e. The van der Waals surface area contributed by atoms with Gasteiger partial charge >= 0.3 is 6.09 Å². The molecule has 7 nitrogen and oxygen atoms in total. The second-order valence-electron chi connectivity index (χ2n) is 10.8. The van der Waals surface area contributed by atoms with Crippen molar-refractivity contribution in [3.05, 3.63) is 53.6 Å². The Morgan fingerprint density at radius 2 is 1.94 bits per heavy atom. The average molecular weight is 482 g/mol. The number of amides is 1. The number of benzene rings is 1. The first-order valence-corrected chi connectivity index (χ1v) is 13.0. The fourth-order valence-electron chi connectivity index (χ4n) is 4.75. The molecule has 2 atom stereocenters. The Balaban J connectivity index is 1.75. The van der Waals surface area contributed by atoms with E-state index < -0.39 is 5.60 Å². The number of aryl methyl sites for hydroxylation is 1. The Bertz CT molecular complexity index is 991. The summed E-state index contributed by atoms with van der Waals surface area (Å²) in [6.07, 6.45) is 6.09. The number of nitrogens with one attached hydrogen (secondary N) is 1. The summed E-state index contributed by atoms with van der Waals surface area (Å²) in [6, 6.07) is 10.4. The number of nitrogens with zero attached hydrogens (tertiary/aromatic N) is 4. The molecule has 35 heavy (non-hydrogen) atoms. The van der Waals surface area contributed by atoms with E-state index in [-0.39, 0.29) is 12.1 Å². The van der Waals surface area contributed by atoms with E-state index in [1.807, 2.05) is 45.9 Å². The minimum Gasteiger partial charge on any atom is -0.444 e. The second kappa shape index (κ2) is 11.8. The summed E-state index contributed by atoms with van der Waals surface area (Å²) in [5, 5.41) is 11.9. The molecular weight excluding hydrogens is 438 g/mol. The zero-order valence-corrected chi connectivity index (χ0v) is 22.5. The summed E-state index contributed by atoms with van der Waals surface area (Å²) in [6.45, 7) is 16.2. The number of allylic oxidation sites excluding steroid dienone is 1. The van der Waals surface area contributed by atoms with Crippen molar-refractivity contribution < 1.29 is 9.53 Å². The normalized spacial score (nSPS) is 18.2. The molecule has 3 rings (SSSR count). The summed E-state index contributed by atoms with van der Waals surface area (Å²) >= 11 is 0. The van der Waals surface area contributed by atoms with Crippen molar-refractivity contribution >= 4 is 11.8 Å². The van der Waals surface area contributed by atoms with Crippen molar-refractivity contribution in [3.63, 3.8) is 0 Å². The molecular formula is C28H43N5O2. The van der Waals surface area contributed by atoms with Gasteiger partial charge in [0.2, 0.25) is 0 Å². The number of hydrogen-bond acceptors (Lipinski definition) is 5. The molecule has 1 fully saturated rings. The van der Waals surface area contributed by atoms with E-state index in [0.29, 0.717) is 12.0 Å². The van der Waals surface area contributed by atoms with E-state index in [2.05, 4.69) is 64.0 Å². The maximum absolute atomic E-state index is 12.6. The molecule has 7 heteroatoms. The molecule has 1 unspecified atom stereocenters. The molecule has 0 spiro atoms. The van der Waals surface area contributed by atoms with Crippen molar-refractivity contribution in [1.29, 1.82) is 0 Å². The number of alkyl carbamates (subject to hydrolysis) is 1. The number of carbonyl (C=O) groups is 1. The summed E-state index contributed by atoms with van der Waals surface area (Å²) in [4.78, 5) is 15.1. The molecule has 0 saturated carbocycles. The van der Waals surface area contributed by atoms with Crippen LogP contribution in [0.1, 0.15) is 96.4 Å². The molecule has 0 radical (unpaired) electrons. The molecule has 192 valence electrons. The summed E-state index contributed by atoms with van der Waals surface area (Å²) in [7, 11) is 0. The largest absolute Gasteiger partial charge is 0.444 e. The van der Waals surface area contributed by atoms with Gasteiger partial charge in [-0.3, -0.25) is 9.47 Å². The monoisotopic (exact) mass is 481 g/mol. The number of rotatable bonds is 9. The van der Waals surface area contributed by atoms with Crippen molar-refractivity contribution in [1.82, 2.24) is 25.0 Å². The Hall–Kier alpha value is -2.67. The molecule has 1 saturated heterocycles. The third-order valence-corrected chi connectivity index (χ3v) is 6.41. The van der Waals surface area contributed by atoms with E-state index in [1.54, 1.807) is 0 Å². The van der Waals surface area contributed by atoms with Crippen molar-refractivity contribution in [2.24, 2.45) is 0 Å². The third-order valence-electron chi connectivity index (χ3n) is 6.41. The van der Waals surface area contributed by atoms with Gasteiger partial charge in [-0.2, -0.15) is 0 Å². The van der Waals surface area contributed by atoms with Gasteiger partial charge in [-0.25, -0.2) is 4.79 Å². The number of likely N-dealkylation sites (tertiary alicyclic amines) is 1. The lowest BCUT2D eigenvalue weighted by molar-refractivity contribution is 0.0498. The van der Waals surface area contributed by atoms with Crippen LogP contribution in [-0.4, -0.2) is 50.5 Å². The van der Waals surface area contributed by atoms with Gasteiger partial charge < -0.3 is 10.1 Å². The summed E-state index contributed by atoms with van der Waals surface area (Å²) < 4.78 is 7.78. The molecule has 0 aliphatic carbocycles. The van der Waals surface area contributed by atoms with E-state index in [0.717, 1.165) is 49.6 Å². The highest BCUT2D eigenvalue weighted by atomic mass is 16.6. The van der Waals surface area contributed by atoms with Crippen LogP contribution in [0, 0.1) is 6.92 Å². The predicted molar refractivity (Wildman–Crippen MR) is 141 cm³/mol. The highest BCUT2D eigenvalue weighted by molar-refractivity contribution is 5.68. The zero-order valence-electron chi connectivity index (χ0n) is 22.5. The van der Waals surface area contributed by atoms with Crippen molar-refractivity contribution in [3.8, 4) is 0 Å². The lowest BCUT2D eigenvalue weighted by Crippen LogP contribution is -2.37. The first kappa shape index (κ1) is 26.9. The number of hydrogen-bond donors (Lipinski definition) is 1. The average Bonchev–Trinajstić information content (AvgIpc) is 3.40. The quantitative estimate of drug-likeness (QED) is 0.470. The first-order valence-electron chi connectivity index (χ1n) is 13.0. The fraction of sp³-hybridized carbons (Fsp3) is 0.607. The van der Waals surface area contributed by atoms with E-state index in [4.69, 9.17) is 4.74 Å². The predicted octanol–water partition coefficient (Wildman–Crippen LogP) is 6.08. The molecule has 2 heterocycles. The summed E-state index contributed by atoms with van der Waals surface area (Å²) in [5.41, 5.74) is 1.84. The Kier molecular flexibility index (Phi) is 9.11. The maximum atomic E-state index is 12.6. The van der Waals surface area contributed by atoms with E-state index in [9.17, 15) is 4.79 Å². The molecule has 1 N–H and O–H groups in total. The minimum atomic E-state index is -0.526. The van der Waals surface area contributed by atoms with Crippen molar-refractivity contribution in [2.45, 2.75) is 97.8 Å². The van der Waals surface area contributed by atoms with Crippen molar-refractivity contribution in [2.75, 3.05) is 13.1 Å². The van der Waals surface area contributed by atoms with Gasteiger partial charge in [0.15, 0.2) is 0 Å². The lowest BCUT2D eigenvalue weighted by Gasteiger charge is -2.28. The number of ether oxygens (including phenoxy) is 1. The Morgan fingerprint density at radius 3 is 2.57 bits per heavy atom. The second-order valence-corrected chi connectivity index (χ2v) is 10.8. The molecule has 1 aliphatic heterocycles. The number of aromatic nitrogens is 3. The Labute approximate surface area is 211 Å². The van der Waals surface area contributed by atoms with Gasteiger partial charge in [0, 0.05) is 24.2 Å². The van der Waals surface area contributed by atoms with Crippen LogP contribution in [0.15, 0.2) is 36.4 Å². The van der Waals surface area contributed by atoms with Gasteiger partial charge in [-0.05, 0) is 71.6 Å². The van der Waals surface area contributed by atoms with E-state index >= 15 is 0 Å². The van der Waals surface area contributed by atoms with Crippen LogP contribution in [-0.2, 0) is 4.74 Å². The smallest absolute Gasteiger partial charge is 0.408 e. The van der Waals surface area contributed by atoms with Crippen LogP contribution in [0.3, 0.4) is 0 Å². The highest BCUT2D eigenvalue weighted by Crippen LogP contribution is 2.27. The highest BCUT2D eigenvalue weighted by Gasteiger charge is 2.27. The summed E-state index contributed by atoms with van der Waals surface area (Å²) in [5.74, 6) is 2.28. The van der Waals surface area contributed by atoms with Crippen LogP contribution in [0.25, 0.3) is 5.70 Å². The van der Waals surface area contributed by atoms with Gasteiger partial charge in [-0.1, -0.05) is 51.1 Å². The van der Waals surface area contributed by atoms with E-state index in [1.165, 1.54) is 12.1 Å². The van der Waals surface area contributed by atoms with Crippen LogP contribution in [0.4, 0.5) is 4.79 Å². The molecule has 2 aromatic rings. The number of carbonyl (C=O) groups excluding carboxylic acids is 1. The van der Waals surface area contributed by atoms with Gasteiger partial charge in [0.1, 0.15) is 17.2 Å². The molecule has 1 aliphatic rings.